The van der Waals surface area contributed by atoms with Gasteiger partial charge in [-0.15, -0.1) is 3.89 Å². The minimum atomic E-state index is -4.53. The third kappa shape index (κ3) is 2.67. The van der Waals surface area contributed by atoms with Crippen molar-refractivity contribution in [3.05, 3.63) is 34.9 Å². The average Bonchev–Trinajstić information content (AvgIpc) is 2.01. The van der Waals surface area contributed by atoms with Gasteiger partial charge < -0.3 is 0 Å². The second-order valence-electron chi connectivity index (χ2n) is 2.67. The Labute approximate surface area is 81.6 Å². The van der Waals surface area contributed by atoms with E-state index in [1.165, 1.54) is 19.1 Å². The summed E-state index contributed by atoms with van der Waals surface area (Å²) in [5, 5.41) is -0.765. The summed E-state index contributed by atoms with van der Waals surface area (Å²) in [4.78, 5) is 0. The zero-order valence-electron chi connectivity index (χ0n) is 6.87. The lowest BCUT2D eigenvalue weighted by molar-refractivity contribution is 0.540. The molecule has 0 amide bonds. The van der Waals surface area contributed by atoms with Crippen molar-refractivity contribution >= 4 is 21.8 Å². The standard InChI is InChI=1S/C8H8ClFO2S/c1-6(13(10,11)12)7-3-2-4-8(9)5-7/h2-6H,1H3. The van der Waals surface area contributed by atoms with Crippen LogP contribution in [0.4, 0.5) is 3.89 Å². The van der Waals surface area contributed by atoms with Crippen molar-refractivity contribution in [2.75, 3.05) is 0 Å². The first-order valence-corrected chi connectivity index (χ1v) is 5.42. The minimum Gasteiger partial charge on any atom is -0.194 e. The molecule has 0 saturated carbocycles. The molecule has 0 aliphatic rings. The van der Waals surface area contributed by atoms with Crippen molar-refractivity contribution in [2.24, 2.45) is 0 Å². The molecule has 13 heavy (non-hydrogen) atoms. The Morgan fingerprint density at radius 2 is 2.08 bits per heavy atom. The fraction of sp³-hybridized carbons (Fsp3) is 0.250. The van der Waals surface area contributed by atoms with E-state index in [9.17, 15) is 12.3 Å². The van der Waals surface area contributed by atoms with Crippen LogP contribution in [-0.4, -0.2) is 8.42 Å². The molecular formula is C8H8ClFO2S. The maximum absolute atomic E-state index is 12.5. The van der Waals surface area contributed by atoms with Crippen LogP contribution >= 0.6 is 11.6 Å². The van der Waals surface area contributed by atoms with E-state index in [1.807, 2.05) is 0 Å². The van der Waals surface area contributed by atoms with Crippen LogP contribution in [0.5, 0.6) is 0 Å². The van der Waals surface area contributed by atoms with Gasteiger partial charge in [0.1, 0.15) is 5.25 Å². The first-order valence-electron chi connectivity index (χ1n) is 3.60. The van der Waals surface area contributed by atoms with Crippen molar-refractivity contribution < 1.29 is 12.3 Å². The third-order valence-electron chi connectivity index (χ3n) is 1.74. The van der Waals surface area contributed by atoms with Gasteiger partial charge in [0.05, 0.1) is 0 Å². The zero-order chi connectivity index (χ0) is 10.1. The monoisotopic (exact) mass is 222 g/mol. The molecule has 72 valence electrons. The molecule has 0 aliphatic heterocycles. The van der Waals surface area contributed by atoms with Gasteiger partial charge in [-0.1, -0.05) is 23.7 Å². The summed E-state index contributed by atoms with van der Waals surface area (Å²) in [5.41, 5.74) is 0.356. The van der Waals surface area contributed by atoms with E-state index in [-0.39, 0.29) is 0 Å². The van der Waals surface area contributed by atoms with Gasteiger partial charge in [-0.2, -0.15) is 8.42 Å². The number of hydrogen-bond acceptors (Lipinski definition) is 2. The largest absolute Gasteiger partial charge is 0.309 e. The summed E-state index contributed by atoms with van der Waals surface area (Å²) in [5.74, 6) is 0. The topological polar surface area (TPSA) is 34.1 Å². The lowest BCUT2D eigenvalue weighted by Crippen LogP contribution is -2.03. The van der Waals surface area contributed by atoms with Gasteiger partial charge in [0.2, 0.25) is 0 Å². The van der Waals surface area contributed by atoms with E-state index in [0.29, 0.717) is 10.6 Å². The molecule has 0 fully saturated rings. The van der Waals surface area contributed by atoms with Crippen molar-refractivity contribution in [1.29, 1.82) is 0 Å². The van der Waals surface area contributed by atoms with E-state index in [4.69, 9.17) is 11.6 Å². The van der Waals surface area contributed by atoms with Crippen LogP contribution in [0.15, 0.2) is 24.3 Å². The molecule has 0 radical (unpaired) electrons. The molecular weight excluding hydrogens is 215 g/mol. The third-order valence-corrected chi connectivity index (χ3v) is 3.09. The molecule has 1 rings (SSSR count). The first kappa shape index (κ1) is 10.5. The molecule has 1 aromatic rings. The van der Waals surface area contributed by atoms with Gasteiger partial charge in [0, 0.05) is 5.02 Å². The summed E-state index contributed by atoms with van der Waals surface area (Å²) in [6.45, 7) is 1.28. The van der Waals surface area contributed by atoms with Crippen LogP contribution in [0.1, 0.15) is 17.7 Å². The maximum atomic E-state index is 12.5. The number of rotatable bonds is 2. The van der Waals surface area contributed by atoms with Crippen LogP contribution in [0.3, 0.4) is 0 Å². The minimum absolute atomic E-state index is 0.356. The van der Waals surface area contributed by atoms with Crippen LogP contribution in [0.2, 0.25) is 5.02 Å². The molecule has 1 atom stereocenters. The molecule has 0 heterocycles. The maximum Gasteiger partial charge on any atom is 0.309 e. The molecule has 0 aliphatic carbocycles. The summed E-state index contributed by atoms with van der Waals surface area (Å²) in [7, 11) is -4.53. The normalized spacial score (nSPS) is 14.1. The molecule has 1 aromatic carbocycles. The highest BCUT2D eigenvalue weighted by molar-refractivity contribution is 7.86. The van der Waals surface area contributed by atoms with Crippen molar-refractivity contribution in [2.45, 2.75) is 12.2 Å². The molecule has 0 N–H and O–H groups in total. The van der Waals surface area contributed by atoms with Crippen LogP contribution in [-0.2, 0) is 10.2 Å². The Kier molecular flexibility index (Phi) is 2.93. The first-order chi connectivity index (χ1) is 5.91. The predicted molar refractivity (Wildman–Crippen MR) is 49.9 cm³/mol. The molecule has 0 saturated heterocycles. The summed E-state index contributed by atoms with van der Waals surface area (Å²) < 4.78 is 33.6. The van der Waals surface area contributed by atoms with E-state index >= 15 is 0 Å². The lowest BCUT2D eigenvalue weighted by Gasteiger charge is -2.06. The zero-order valence-corrected chi connectivity index (χ0v) is 8.44. The molecule has 1 unspecified atom stereocenters. The molecule has 0 bridgehead atoms. The fourth-order valence-electron chi connectivity index (χ4n) is 0.922. The smallest absolute Gasteiger partial charge is 0.194 e. The Bertz CT molecular complexity index is 402. The number of halogens is 2. The summed E-state index contributed by atoms with van der Waals surface area (Å²) >= 11 is 5.62. The Morgan fingerprint density at radius 3 is 2.54 bits per heavy atom. The highest BCUT2D eigenvalue weighted by Crippen LogP contribution is 2.25. The van der Waals surface area contributed by atoms with E-state index in [0.717, 1.165) is 0 Å². The second kappa shape index (κ2) is 3.64. The molecule has 0 spiro atoms. The summed E-state index contributed by atoms with van der Waals surface area (Å²) in [6, 6.07) is 6.14. The highest BCUT2D eigenvalue weighted by Gasteiger charge is 2.21. The summed E-state index contributed by atoms with van der Waals surface area (Å²) in [6.07, 6.45) is 0. The van der Waals surface area contributed by atoms with Gasteiger partial charge in [-0.3, -0.25) is 0 Å². The molecule has 5 heteroatoms. The van der Waals surface area contributed by atoms with Crippen LogP contribution in [0, 0.1) is 0 Å². The fourth-order valence-corrected chi connectivity index (χ4v) is 1.59. The SMILES string of the molecule is CC(c1cccc(Cl)c1)S(=O)(=O)F. The van der Waals surface area contributed by atoms with Gasteiger partial charge >= 0.3 is 10.2 Å². The number of hydrogen-bond donors (Lipinski definition) is 0. The molecule has 0 aromatic heterocycles. The number of benzene rings is 1. The average molecular weight is 223 g/mol. The Morgan fingerprint density at radius 1 is 1.46 bits per heavy atom. The van der Waals surface area contributed by atoms with E-state index in [1.54, 1.807) is 12.1 Å². The van der Waals surface area contributed by atoms with Gasteiger partial charge in [-0.05, 0) is 24.6 Å². The van der Waals surface area contributed by atoms with Crippen LogP contribution < -0.4 is 0 Å². The van der Waals surface area contributed by atoms with Crippen LogP contribution in [0.25, 0.3) is 0 Å². The highest BCUT2D eigenvalue weighted by atomic mass is 35.5. The van der Waals surface area contributed by atoms with Crippen molar-refractivity contribution in [3.63, 3.8) is 0 Å². The van der Waals surface area contributed by atoms with Crippen molar-refractivity contribution in [3.8, 4) is 0 Å². The van der Waals surface area contributed by atoms with Crippen molar-refractivity contribution in [1.82, 2.24) is 0 Å². The second-order valence-corrected chi connectivity index (χ2v) is 4.77. The van der Waals surface area contributed by atoms with E-state index in [2.05, 4.69) is 0 Å². The molecule has 2 nitrogen and oxygen atoms in total. The Balaban J connectivity index is 3.10. The van der Waals surface area contributed by atoms with Gasteiger partial charge in [-0.25, -0.2) is 0 Å². The van der Waals surface area contributed by atoms with Gasteiger partial charge in [0.25, 0.3) is 0 Å². The van der Waals surface area contributed by atoms with Gasteiger partial charge in [0.15, 0.2) is 0 Å². The van der Waals surface area contributed by atoms with E-state index < -0.39 is 15.5 Å². The predicted octanol–water partition coefficient (Wildman–Crippen LogP) is 2.70. The quantitative estimate of drug-likeness (QED) is 0.721. The lowest BCUT2D eigenvalue weighted by atomic mass is 10.2. The Hall–Kier alpha value is -0.610.